The number of benzene rings is 2. The lowest BCUT2D eigenvalue weighted by molar-refractivity contribution is -0.126. The van der Waals surface area contributed by atoms with E-state index in [1.807, 2.05) is 30.3 Å². The molecule has 0 saturated carbocycles. The van der Waals surface area contributed by atoms with Crippen LogP contribution in [0.15, 0.2) is 54.7 Å². The maximum Gasteiger partial charge on any atom is 0.255 e. The fourth-order valence-corrected chi connectivity index (χ4v) is 5.48. The van der Waals surface area contributed by atoms with E-state index >= 15 is 0 Å². The van der Waals surface area contributed by atoms with Gasteiger partial charge in [0.05, 0.1) is 6.54 Å². The Labute approximate surface area is 224 Å². The van der Waals surface area contributed by atoms with Crippen LogP contribution in [0.1, 0.15) is 70.4 Å². The van der Waals surface area contributed by atoms with E-state index in [1.165, 1.54) is 32.4 Å². The second-order valence-corrected chi connectivity index (χ2v) is 10.4. The average molecular weight is 517 g/mol. The fraction of sp³-hybridized carbons (Fsp3) is 0.433. The van der Waals surface area contributed by atoms with Crippen LogP contribution >= 0.6 is 0 Å². The number of amides is 3. The van der Waals surface area contributed by atoms with Gasteiger partial charge in [0.2, 0.25) is 5.91 Å². The van der Waals surface area contributed by atoms with Gasteiger partial charge in [-0.3, -0.25) is 14.4 Å². The fourth-order valence-electron chi connectivity index (χ4n) is 5.48. The van der Waals surface area contributed by atoms with E-state index < -0.39 is 6.04 Å². The van der Waals surface area contributed by atoms with E-state index in [0.717, 1.165) is 24.1 Å². The Kier molecular flexibility index (Phi) is 8.08. The molecule has 3 heterocycles. The van der Waals surface area contributed by atoms with Gasteiger partial charge in [0, 0.05) is 28.9 Å². The van der Waals surface area contributed by atoms with Gasteiger partial charge in [-0.25, -0.2) is 0 Å². The van der Waals surface area contributed by atoms with Crippen molar-refractivity contribution in [3.63, 3.8) is 0 Å². The van der Waals surface area contributed by atoms with Crippen LogP contribution in [0.3, 0.4) is 0 Å². The van der Waals surface area contributed by atoms with Gasteiger partial charge in [-0.2, -0.15) is 0 Å². The van der Waals surface area contributed by atoms with Gasteiger partial charge in [-0.05, 0) is 81.6 Å². The topological polar surface area (TPSA) is 91.0 Å². The lowest BCUT2D eigenvalue weighted by Crippen LogP contribution is -2.49. The smallest absolute Gasteiger partial charge is 0.255 e. The van der Waals surface area contributed by atoms with E-state index in [-0.39, 0.29) is 17.7 Å². The number of nitrogens with one attached hydrogen (secondary N) is 2. The van der Waals surface area contributed by atoms with Crippen LogP contribution in [0.5, 0.6) is 5.75 Å². The van der Waals surface area contributed by atoms with Crippen LogP contribution in [0.2, 0.25) is 0 Å². The molecule has 0 aromatic heterocycles. The summed E-state index contributed by atoms with van der Waals surface area (Å²) in [6, 6.07) is 12.3. The minimum absolute atomic E-state index is 0.0640. The van der Waals surface area contributed by atoms with Crippen molar-refractivity contribution >= 4 is 17.7 Å². The van der Waals surface area contributed by atoms with Crippen LogP contribution in [-0.4, -0.2) is 59.7 Å². The molecule has 5 rings (SSSR count). The summed E-state index contributed by atoms with van der Waals surface area (Å²) < 4.78 is 6.10. The molecule has 3 aliphatic heterocycles. The Morgan fingerprint density at radius 3 is 2.63 bits per heavy atom. The van der Waals surface area contributed by atoms with Gasteiger partial charge in [0.15, 0.2) is 0 Å². The third kappa shape index (κ3) is 5.91. The second kappa shape index (κ2) is 11.8. The lowest BCUT2D eigenvalue weighted by Gasteiger charge is -2.31. The molecule has 38 heavy (non-hydrogen) atoms. The number of fused-ring (bicyclic) bond motifs is 1. The number of allylic oxidation sites excluding steroid dienone is 1. The number of nitrogens with zero attached hydrogens (tertiary/aromatic N) is 2. The molecule has 0 bridgehead atoms. The molecule has 8 nitrogen and oxygen atoms in total. The summed E-state index contributed by atoms with van der Waals surface area (Å²) in [5, 5.41) is 5.78. The number of ether oxygens (including phenoxy) is 1. The Morgan fingerprint density at radius 1 is 1.08 bits per heavy atom. The maximum absolute atomic E-state index is 13.1. The highest BCUT2D eigenvalue weighted by Crippen LogP contribution is 2.34. The minimum atomic E-state index is -0.503. The molecule has 0 radical (unpaired) electrons. The molecule has 8 heteroatoms. The highest BCUT2D eigenvalue weighted by molar-refractivity contribution is 6.02. The molecule has 2 aromatic carbocycles. The van der Waals surface area contributed by atoms with E-state index in [1.54, 1.807) is 17.0 Å². The van der Waals surface area contributed by atoms with Crippen LogP contribution in [-0.2, 0) is 17.9 Å². The zero-order valence-corrected chi connectivity index (χ0v) is 21.8. The van der Waals surface area contributed by atoms with E-state index in [2.05, 4.69) is 22.1 Å². The summed E-state index contributed by atoms with van der Waals surface area (Å²) in [5.41, 5.74) is 3.62. The number of rotatable bonds is 9. The molecule has 2 saturated heterocycles. The largest absolute Gasteiger partial charge is 0.489 e. The average Bonchev–Trinajstić information content (AvgIpc) is 3.27. The van der Waals surface area contributed by atoms with Crippen molar-refractivity contribution in [1.29, 1.82) is 0 Å². The maximum atomic E-state index is 13.1. The molecule has 2 N–H and O–H groups in total. The Bertz CT molecular complexity index is 1200. The van der Waals surface area contributed by atoms with Gasteiger partial charge in [0.25, 0.3) is 11.8 Å². The number of likely N-dealkylation sites (tertiary alicyclic amines) is 1. The molecular weight excluding hydrogens is 480 g/mol. The van der Waals surface area contributed by atoms with Crippen molar-refractivity contribution in [3.05, 3.63) is 77.0 Å². The first-order valence-electron chi connectivity index (χ1n) is 13.6. The van der Waals surface area contributed by atoms with Crippen molar-refractivity contribution in [1.82, 2.24) is 20.4 Å². The number of piperidine rings is 2. The van der Waals surface area contributed by atoms with Gasteiger partial charge in [-0.15, -0.1) is 0 Å². The normalized spacial score (nSPS) is 19.7. The van der Waals surface area contributed by atoms with Crippen LogP contribution in [0.4, 0.5) is 0 Å². The number of hydrogen-bond acceptors (Lipinski definition) is 5. The zero-order valence-electron chi connectivity index (χ0n) is 21.8. The van der Waals surface area contributed by atoms with Gasteiger partial charge < -0.3 is 25.2 Å². The van der Waals surface area contributed by atoms with Crippen LogP contribution < -0.4 is 15.4 Å². The van der Waals surface area contributed by atoms with E-state index in [4.69, 9.17) is 4.74 Å². The molecule has 0 spiro atoms. The molecule has 2 fully saturated rings. The van der Waals surface area contributed by atoms with Crippen molar-refractivity contribution in [2.24, 2.45) is 0 Å². The third-order valence-corrected chi connectivity index (χ3v) is 7.65. The summed E-state index contributed by atoms with van der Waals surface area (Å²) in [5.74, 6) is 0.237. The Hall–Kier alpha value is -3.65. The quantitative estimate of drug-likeness (QED) is 0.497. The first-order valence-corrected chi connectivity index (χ1v) is 13.6. The number of carbonyl (C=O) groups excluding carboxylic acids is 3. The molecule has 1 unspecified atom stereocenters. The second-order valence-electron chi connectivity index (χ2n) is 10.4. The van der Waals surface area contributed by atoms with Crippen molar-refractivity contribution in [2.75, 3.05) is 26.2 Å². The van der Waals surface area contributed by atoms with E-state index in [9.17, 15) is 14.4 Å². The Balaban J connectivity index is 1.13. The summed E-state index contributed by atoms with van der Waals surface area (Å²) in [7, 11) is 0. The molecule has 200 valence electrons. The van der Waals surface area contributed by atoms with Crippen molar-refractivity contribution in [3.8, 4) is 5.75 Å². The summed E-state index contributed by atoms with van der Waals surface area (Å²) in [4.78, 5) is 42.1. The Morgan fingerprint density at radius 2 is 1.87 bits per heavy atom. The van der Waals surface area contributed by atoms with Crippen LogP contribution in [0.25, 0.3) is 0 Å². The highest BCUT2D eigenvalue weighted by Gasteiger charge is 2.39. The molecule has 1 atom stereocenters. The summed E-state index contributed by atoms with van der Waals surface area (Å²) in [6.07, 6.45) is 6.08. The summed E-state index contributed by atoms with van der Waals surface area (Å²) in [6.45, 7) is 8.52. The van der Waals surface area contributed by atoms with Crippen LogP contribution in [0, 0.1) is 0 Å². The third-order valence-electron chi connectivity index (χ3n) is 7.65. The molecule has 3 aliphatic rings. The molecular formula is C30H36N4O4. The number of hydrogen-bond donors (Lipinski definition) is 2. The summed E-state index contributed by atoms with van der Waals surface area (Å²) >= 11 is 0. The van der Waals surface area contributed by atoms with Crippen molar-refractivity contribution in [2.45, 2.75) is 57.7 Å². The van der Waals surface area contributed by atoms with Gasteiger partial charge in [0.1, 0.15) is 18.4 Å². The first-order chi connectivity index (χ1) is 18.5. The van der Waals surface area contributed by atoms with Gasteiger partial charge in [-0.1, -0.05) is 31.2 Å². The SMILES string of the molecule is C=C1CCC(N2Cc3c(OCc4ccc(C(=O)NCCCN5CCCCC5)cc4)cccc3C2=O)C(=O)N1. The minimum Gasteiger partial charge on any atom is -0.489 e. The standard InChI is InChI=1S/C30H36N4O4/c1-21-9-14-26(29(36)32-21)34-19-25-24(30(34)37)7-5-8-27(25)38-20-22-10-12-23(13-11-22)28(35)31-15-6-18-33-16-3-2-4-17-33/h5,7-8,10-13,26H,1-4,6,9,14-20H2,(H,31,35)(H,32,36). The van der Waals surface area contributed by atoms with Crippen molar-refractivity contribution < 1.29 is 19.1 Å². The highest BCUT2D eigenvalue weighted by atomic mass is 16.5. The predicted octanol–water partition coefficient (Wildman–Crippen LogP) is 3.62. The first kappa shape index (κ1) is 26.0. The van der Waals surface area contributed by atoms with Gasteiger partial charge >= 0.3 is 0 Å². The molecule has 3 amide bonds. The number of carbonyl (C=O) groups is 3. The monoisotopic (exact) mass is 516 g/mol. The van der Waals surface area contributed by atoms with E-state index in [0.29, 0.717) is 55.1 Å². The zero-order chi connectivity index (χ0) is 26.5. The molecule has 2 aromatic rings. The predicted molar refractivity (Wildman–Crippen MR) is 145 cm³/mol. The molecule has 0 aliphatic carbocycles. The lowest BCUT2D eigenvalue weighted by atomic mass is 10.0.